The van der Waals surface area contributed by atoms with Crippen molar-refractivity contribution in [2.24, 2.45) is 5.92 Å². The number of morpholine rings is 1. The molecule has 0 aliphatic carbocycles. The van der Waals surface area contributed by atoms with Crippen molar-refractivity contribution in [2.75, 3.05) is 33.0 Å². The Kier molecular flexibility index (Phi) is 9.05. The SMILES string of the molecule is CC(C)C(NC(=O)N1CCOCC1)C(=O)NC(CCc1ccccc1)C(=O)CF. The second kappa shape index (κ2) is 11.5. The number of carbonyl (C=O) groups is 3. The highest BCUT2D eigenvalue weighted by Crippen LogP contribution is 2.09. The van der Waals surface area contributed by atoms with E-state index in [4.69, 9.17) is 4.74 Å². The van der Waals surface area contributed by atoms with Gasteiger partial charge in [-0.05, 0) is 24.3 Å². The molecular weight excluding hydrogens is 377 g/mol. The molecule has 8 heteroatoms. The van der Waals surface area contributed by atoms with Crippen LogP contribution in [0.15, 0.2) is 30.3 Å². The van der Waals surface area contributed by atoms with Gasteiger partial charge in [0.05, 0.1) is 19.3 Å². The standard InChI is InChI=1S/C21H30FN3O4/c1-15(2)19(24-21(28)25-10-12-29-13-11-25)20(27)23-17(18(26)14-22)9-8-16-6-4-3-5-7-16/h3-7,15,17,19H,8-14H2,1-2H3,(H,23,27)(H,24,28). The van der Waals surface area contributed by atoms with Gasteiger partial charge in [-0.15, -0.1) is 0 Å². The van der Waals surface area contributed by atoms with E-state index < -0.39 is 30.4 Å². The monoisotopic (exact) mass is 407 g/mol. The summed E-state index contributed by atoms with van der Waals surface area (Å²) in [5.74, 6) is -1.35. The summed E-state index contributed by atoms with van der Waals surface area (Å²) in [6, 6.07) is 7.38. The zero-order chi connectivity index (χ0) is 21.2. The van der Waals surface area contributed by atoms with Gasteiger partial charge in [0.2, 0.25) is 5.91 Å². The lowest BCUT2D eigenvalue weighted by atomic mass is 10.00. The van der Waals surface area contributed by atoms with Crippen molar-refractivity contribution in [3.05, 3.63) is 35.9 Å². The van der Waals surface area contributed by atoms with E-state index >= 15 is 0 Å². The first-order chi connectivity index (χ1) is 13.9. The second-order valence-electron chi connectivity index (χ2n) is 7.46. The number of urea groups is 1. The smallest absolute Gasteiger partial charge is 0.318 e. The number of alkyl halides is 1. The van der Waals surface area contributed by atoms with Crippen molar-refractivity contribution in [2.45, 2.75) is 38.8 Å². The molecule has 1 aromatic carbocycles. The van der Waals surface area contributed by atoms with Crippen molar-refractivity contribution in [1.29, 1.82) is 0 Å². The predicted octanol–water partition coefficient (Wildman–Crippen LogP) is 1.71. The Morgan fingerprint density at radius 1 is 1.10 bits per heavy atom. The molecule has 0 radical (unpaired) electrons. The maximum atomic E-state index is 13.0. The molecule has 1 aliphatic rings. The van der Waals surface area contributed by atoms with Gasteiger partial charge in [0, 0.05) is 13.1 Å². The molecule has 3 amide bonds. The van der Waals surface area contributed by atoms with Crippen LogP contribution >= 0.6 is 0 Å². The molecule has 2 rings (SSSR count). The van der Waals surface area contributed by atoms with Crippen molar-refractivity contribution in [3.8, 4) is 0 Å². The highest BCUT2D eigenvalue weighted by atomic mass is 19.1. The van der Waals surface area contributed by atoms with E-state index in [1.165, 1.54) is 0 Å². The number of Topliss-reactive ketones (excluding diaryl/α,β-unsaturated/α-hetero) is 1. The summed E-state index contributed by atoms with van der Waals surface area (Å²) in [4.78, 5) is 38.9. The van der Waals surface area contributed by atoms with E-state index in [0.717, 1.165) is 5.56 Å². The predicted molar refractivity (Wildman–Crippen MR) is 107 cm³/mol. The number of hydrogen-bond donors (Lipinski definition) is 2. The number of halogens is 1. The number of hydrogen-bond acceptors (Lipinski definition) is 4. The van der Waals surface area contributed by atoms with Gasteiger partial charge in [-0.25, -0.2) is 9.18 Å². The Bertz CT molecular complexity index is 678. The molecule has 1 saturated heterocycles. The number of ether oxygens (including phenoxy) is 1. The minimum atomic E-state index is -1.15. The number of nitrogens with zero attached hydrogens (tertiary/aromatic N) is 1. The third-order valence-corrected chi connectivity index (χ3v) is 4.93. The first-order valence-corrected chi connectivity index (χ1v) is 9.98. The van der Waals surface area contributed by atoms with Gasteiger partial charge in [0.25, 0.3) is 0 Å². The zero-order valence-electron chi connectivity index (χ0n) is 17.0. The normalized spacial score (nSPS) is 16.2. The Balaban J connectivity index is 1.99. The second-order valence-corrected chi connectivity index (χ2v) is 7.46. The molecule has 2 N–H and O–H groups in total. The Hall–Kier alpha value is -2.48. The molecule has 1 aromatic rings. The van der Waals surface area contributed by atoms with Crippen molar-refractivity contribution >= 4 is 17.7 Å². The van der Waals surface area contributed by atoms with E-state index in [0.29, 0.717) is 39.1 Å². The van der Waals surface area contributed by atoms with E-state index in [1.54, 1.807) is 18.7 Å². The molecule has 0 spiro atoms. The lowest BCUT2D eigenvalue weighted by Gasteiger charge is -2.30. The molecule has 1 heterocycles. The van der Waals surface area contributed by atoms with Gasteiger partial charge in [0.15, 0.2) is 5.78 Å². The van der Waals surface area contributed by atoms with Crippen LogP contribution in [-0.4, -0.2) is 67.7 Å². The number of amides is 3. The average Bonchev–Trinajstić information content (AvgIpc) is 2.75. The molecule has 1 aliphatic heterocycles. The molecule has 160 valence electrons. The number of ketones is 1. The molecule has 2 atom stereocenters. The van der Waals surface area contributed by atoms with E-state index in [-0.39, 0.29) is 11.9 Å². The van der Waals surface area contributed by atoms with Gasteiger partial charge >= 0.3 is 6.03 Å². The minimum absolute atomic E-state index is 0.199. The maximum absolute atomic E-state index is 13.0. The summed E-state index contributed by atoms with van der Waals surface area (Å²) >= 11 is 0. The Morgan fingerprint density at radius 2 is 1.76 bits per heavy atom. The fourth-order valence-corrected chi connectivity index (χ4v) is 3.15. The van der Waals surface area contributed by atoms with Crippen LogP contribution in [0.3, 0.4) is 0 Å². The van der Waals surface area contributed by atoms with Crippen LogP contribution in [0, 0.1) is 5.92 Å². The van der Waals surface area contributed by atoms with Crippen LogP contribution in [0.25, 0.3) is 0 Å². The molecule has 0 aromatic heterocycles. The fourth-order valence-electron chi connectivity index (χ4n) is 3.15. The number of rotatable bonds is 9. The summed E-state index contributed by atoms with van der Waals surface area (Å²) in [7, 11) is 0. The first kappa shape index (κ1) is 22.8. The van der Waals surface area contributed by atoms with Crippen molar-refractivity contribution < 1.29 is 23.5 Å². The molecule has 0 bridgehead atoms. The summed E-state index contributed by atoms with van der Waals surface area (Å²) < 4.78 is 18.3. The topological polar surface area (TPSA) is 87.7 Å². The maximum Gasteiger partial charge on any atom is 0.318 e. The lowest BCUT2D eigenvalue weighted by molar-refractivity contribution is -0.130. The first-order valence-electron chi connectivity index (χ1n) is 9.98. The van der Waals surface area contributed by atoms with Crippen LogP contribution in [0.1, 0.15) is 25.8 Å². The summed E-state index contributed by atoms with van der Waals surface area (Å²) in [5.41, 5.74) is 0.999. The van der Waals surface area contributed by atoms with E-state index in [2.05, 4.69) is 10.6 Å². The molecule has 29 heavy (non-hydrogen) atoms. The number of nitrogens with one attached hydrogen (secondary N) is 2. The van der Waals surface area contributed by atoms with Crippen LogP contribution in [-0.2, 0) is 20.7 Å². The molecule has 2 unspecified atom stereocenters. The zero-order valence-corrected chi connectivity index (χ0v) is 17.0. The third kappa shape index (κ3) is 7.12. The highest BCUT2D eigenvalue weighted by Gasteiger charge is 2.30. The summed E-state index contributed by atoms with van der Waals surface area (Å²) in [5, 5.41) is 5.38. The van der Waals surface area contributed by atoms with Gasteiger partial charge in [0.1, 0.15) is 12.7 Å². The van der Waals surface area contributed by atoms with Gasteiger partial charge < -0.3 is 20.3 Å². The van der Waals surface area contributed by atoms with Crippen LogP contribution in [0.5, 0.6) is 0 Å². The molecular formula is C21H30FN3O4. The van der Waals surface area contributed by atoms with Crippen molar-refractivity contribution in [3.63, 3.8) is 0 Å². The van der Waals surface area contributed by atoms with E-state index in [1.807, 2.05) is 30.3 Å². The molecule has 7 nitrogen and oxygen atoms in total. The lowest BCUT2D eigenvalue weighted by Crippen LogP contribution is -2.57. The number of aryl methyl sites for hydroxylation is 1. The van der Waals surface area contributed by atoms with Gasteiger partial charge in [-0.3, -0.25) is 9.59 Å². The van der Waals surface area contributed by atoms with E-state index in [9.17, 15) is 18.8 Å². The van der Waals surface area contributed by atoms with Gasteiger partial charge in [-0.2, -0.15) is 0 Å². The largest absolute Gasteiger partial charge is 0.378 e. The van der Waals surface area contributed by atoms with Gasteiger partial charge in [-0.1, -0.05) is 44.2 Å². The summed E-state index contributed by atoms with van der Waals surface area (Å²) in [6.07, 6.45) is 0.824. The molecule has 1 fully saturated rings. The molecule has 0 saturated carbocycles. The highest BCUT2D eigenvalue weighted by molar-refractivity contribution is 5.93. The Labute approximate surface area is 171 Å². The van der Waals surface area contributed by atoms with Crippen LogP contribution < -0.4 is 10.6 Å². The van der Waals surface area contributed by atoms with Crippen molar-refractivity contribution in [1.82, 2.24) is 15.5 Å². The van der Waals surface area contributed by atoms with Crippen LogP contribution in [0.4, 0.5) is 9.18 Å². The summed E-state index contributed by atoms with van der Waals surface area (Å²) in [6.45, 7) is 4.29. The number of benzene rings is 1. The number of carbonyl (C=O) groups excluding carboxylic acids is 3. The fraction of sp³-hybridized carbons (Fsp3) is 0.571. The Morgan fingerprint density at radius 3 is 2.34 bits per heavy atom. The average molecular weight is 407 g/mol. The van der Waals surface area contributed by atoms with Crippen LogP contribution in [0.2, 0.25) is 0 Å². The quantitative estimate of drug-likeness (QED) is 0.652. The third-order valence-electron chi connectivity index (χ3n) is 4.93. The minimum Gasteiger partial charge on any atom is -0.378 e.